The largest absolute Gasteiger partial charge is 0.486 e. The van der Waals surface area contributed by atoms with Gasteiger partial charge in [-0.3, -0.25) is 19.5 Å². The van der Waals surface area contributed by atoms with Gasteiger partial charge in [-0.2, -0.15) is 0 Å². The van der Waals surface area contributed by atoms with Gasteiger partial charge in [0.05, 0.1) is 40.1 Å². The number of aliphatic hydroxyl groups is 1. The number of aromatic nitrogens is 2. The molecule has 2 N–H and O–H groups in total. The molecule has 2 aromatic carbocycles. The van der Waals surface area contributed by atoms with Crippen LogP contribution in [0, 0.1) is 5.92 Å². The fourth-order valence-electron chi connectivity index (χ4n) is 4.48. The van der Waals surface area contributed by atoms with Crippen LogP contribution in [-0.4, -0.2) is 75.6 Å². The molecule has 4 rings (SSSR count). The van der Waals surface area contributed by atoms with E-state index in [-0.39, 0.29) is 36.0 Å². The van der Waals surface area contributed by atoms with Gasteiger partial charge in [0.15, 0.2) is 5.75 Å². The Bertz CT molecular complexity index is 1330. The number of hydrogen-bond acceptors (Lipinski definition) is 7. The number of fused-ring (bicyclic) bond motifs is 1. The van der Waals surface area contributed by atoms with Gasteiger partial charge in [-0.15, -0.1) is 0 Å². The Morgan fingerprint density at radius 3 is 2.74 bits per heavy atom. The van der Waals surface area contributed by atoms with E-state index in [1.807, 2.05) is 26.1 Å². The number of benzene rings is 2. The Hall–Kier alpha value is -3.24. The van der Waals surface area contributed by atoms with Crippen molar-refractivity contribution in [2.24, 2.45) is 5.92 Å². The number of halogens is 2. The first-order chi connectivity index (χ1) is 18.7. The first kappa shape index (κ1) is 28.8. The standard InChI is InChI=1S/C28H31Cl2N5O4/c1-17-13-35(18(2)16-36)28(38)20-5-4-6-23(33-27(37)24-12-31-9-10-32-24)26(20)39-25(17)15-34(3)14-19-7-8-21(29)22(30)11-19/h4-12,17-18,25,36H,13-16H2,1-3H3,(H,33,37)/t17-,18+,25+/m1/s1. The van der Waals surface area contributed by atoms with Crippen molar-refractivity contribution in [1.82, 2.24) is 19.8 Å². The molecular formula is C28H31Cl2N5O4. The van der Waals surface area contributed by atoms with Gasteiger partial charge in [0.1, 0.15) is 11.8 Å². The number of amides is 2. The van der Waals surface area contributed by atoms with Crippen LogP contribution < -0.4 is 10.1 Å². The van der Waals surface area contributed by atoms with Gasteiger partial charge in [-0.1, -0.05) is 42.3 Å². The molecule has 1 aliphatic rings. The number of carbonyl (C=O) groups is 2. The van der Waals surface area contributed by atoms with E-state index in [2.05, 4.69) is 20.2 Å². The molecule has 0 bridgehead atoms. The molecule has 0 saturated carbocycles. The molecule has 206 valence electrons. The van der Waals surface area contributed by atoms with Crippen LogP contribution in [0.15, 0.2) is 55.0 Å². The third-order valence-electron chi connectivity index (χ3n) is 6.66. The zero-order chi connectivity index (χ0) is 28.1. The Morgan fingerprint density at radius 1 is 1.26 bits per heavy atom. The zero-order valence-electron chi connectivity index (χ0n) is 22.0. The minimum absolute atomic E-state index is 0.101. The molecule has 11 heteroatoms. The minimum Gasteiger partial charge on any atom is -0.486 e. The quantitative estimate of drug-likeness (QED) is 0.412. The average Bonchev–Trinajstić information content (AvgIpc) is 2.93. The number of carbonyl (C=O) groups excluding carboxylic acids is 2. The summed E-state index contributed by atoms with van der Waals surface area (Å²) >= 11 is 12.3. The molecular weight excluding hydrogens is 541 g/mol. The topological polar surface area (TPSA) is 108 Å². The first-order valence-electron chi connectivity index (χ1n) is 12.6. The molecule has 2 amide bonds. The SMILES string of the molecule is C[C@@H]1CN([C@@H](C)CO)C(=O)c2cccc(NC(=O)c3cnccn3)c2O[C@H]1CN(C)Cc1ccc(Cl)c(Cl)c1. The van der Waals surface area contributed by atoms with Crippen LogP contribution in [0.5, 0.6) is 5.75 Å². The molecule has 0 fully saturated rings. The summed E-state index contributed by atoms with van der Waals surface area (Å²) in [6.07, 6.45) is 3.92. The Labute approximate surface area is 237 Å². The van der Waals surface area contributed by atoms with Crippen molar-refractivity contribution >= 4 is 40.7 Å². The van der Waals surface area contributed by atoms with E-state index in [1.54, 1.807) is 36.1 Å². The van der Waals surface area contributed by atoms with E-state index < -0.39 is 11.9 Å². The number of likely N-dealkylation sites (N-methyl/N-ethyl adjacent to an activating group) is 1. The second kappa shape index (κ2) is 12.7. The second-order valence-electron chi connectivity index (χ2n) is 9.79. The Kier molecular flexibility index (Phi) is 9.40. The summed E-state index contributed by atoms with van der Waals surface area (Å²) < 4.78 is 6.55. The second-order valence-corrected chi connectivity index (χ2v) is 10.6. The van der Waals surface area contributed by atoms with Crippen molar-refractivity contribution in [3.63, 3.8) is 0 Å². The van der Waals surface area contributed by atoms with E-state index in [4.69, 9.17) is 27.9 Å². The summed E-state index contributed by atoms with van der Waals surface area (Å²) in [6.45, 7) is 5.13. The summed E-state index contributed by atoms with van der Waals surface area (Å²) in [5, 5.41) is 13.7. The lowest BCUT2D eigenvalue weighted by molar-refractivity contribution is 0.0343. The average molecular weight is 572 g/mol. The molecule has 2 heterocycles. The number of nitrogens with one attached hydrogen (secondary N) is 1. The fraction of sp³-hybridized carbons (Fsp3) is 0.357. The lowest BCUT2D eigenvalue weighted by Crippen LogP contribution is -2.49. The Balaban J connectivity index is 1.66. The van der Waals surface area contributed by atoms with Crippen molar-refractivity contribution in [2.75, 3.05) is 32.1 Å². The molecule has 0 radical (unpaired) electrons. The van der Waals surface area contributed by atoms with E-state index in [1.165, 1.54) is 18.6 Å². The highest BCUT2D eigenvalue weighted by molar-refractivity contribution is 6.42. The van der Waals surface area contributed by atoms with Gasteiger partial charge < -0.3 is 20.1 Å². The molecule has 3 aromatic rings. The van der Waals surface area contributed by atoms with Crippen LogP contribution in [0.2, 0.25) is 10.0 Å². The van der Waals surface area contributed by atoms with Gasteiger partial charge >= 0.3 is 0 Å². The van der Waals surface area contributed by atoms with E-state index in [9.17, 15) is 14.7 Å². The van der Waals surface area contributed by atoms with Crippen molar-refractivity contribution in [3.05, 3.63) is 81.9 Å². The lowest BCUT2D eigenvalue weighted by Gasteiger charge is -2.38. The molecule has 39 heavy (non-hydrogen) atoms. The third-order valence-corrected chi connectivity index (χ3v) is 7.40. The van der Waals surface area contributed by atoms with Crippen molar-refractivity contribution in [2.45, 2.75) is 32.5 Å². The van der Waals surface area contributed by atoms with Crippen molar-refractivity contribution < 1.29 is 19.4 Å². The van der Waals surface area contributed by atoms with Crippen molar-refractivity contribution in [1.29, 1.82) is 0 Å². The molecule has 1 aliphatic heterocycles. The highest BCUT2D eigenvalue weighted by Gasteiger charge is 2.34. The van der Waals surface area contributed by atoms with Crippen LogP contribution in [0.4, 0.5) is 5.69 Å². The molecule has 0 saturated heterocycles. The fourth-order valence-corrected chi connectivity index (χ4v) is 4.80. The lowest BCUT2D eigenvalue weighted by atomic mass is 9.98. The van der Waals surface area contributed by atoms with Gasteiger partial charge in [0.2, 0.25) is 0 Å². The highest BCUT2D eigenvalue weighted by atomic mass is 35.5. The first-order valence-corrected chi connectivity index (χ1v) is 13.3. The number of rotatable bonds is 8. The molecule has 0 spiro atoms. The summed E-state index contributed by atoms with van der Waals surface area (Å²) in [5.74, 6) is -0.585. The number of nitrogens with zero attached hydrogens (tertiary/aromatic N) is 4. The maximum absolute atomic E-state index is 13.6. The molecule has 9 nitrogen and oxygen atoms in total. The summed E-state index contributed by atoms with van der Waals surface area (Å²) in [7, 11) is 1.97. The highest BCUT2D eigenvalue weighted by Crippen LogP contribution is 2.35. The maximum atomic E-state index is 13.6. The number of ether oxygens (including phenoxy) is 1. The summed E-state index contributed by atoms with van der Waals surface area (Å²) in [5.41, 5.74) is 1.78. The number of anilines is 1. The molecule has 0 aliphatic carbocycles. The van der Waals surface area contributed by atoms with E-state index >= 15 is 0 Å². The monoisotopic (exact) mass is 571 g/mol. The number of hydrogen-bond donors (Lipinski definition) is 2. The molecule has 1 aromatic heterocycles. The smallest absolute Gasteiger partial charge is 0.275 e. The van der Waals surface area contributed by atoms with Crippen LogP contribution in [-0.2, 0) is 6.54 Å². The zero-order valence-corrected chi connectivity index (χ0v) is 23.5. The van der Waals surface area contributed by atoms with Crippen LogP contribution in [0.25, 0.3) is 0 Å². The van der Waals surface area contributed by atoms with Gasteiger partial charge in [-0.05, 0) is 43.8 Å². The number of para-hydroxylation sites is 1. The molecule has 3 atom stereocenters. The normalized spacial score (nSPS) is 18.1. The van der Waals surface area contributed by atoms with Gasteiger partial charge in [0, 0.05) is 37.9 Å². The van der Waals surface area contributed by atoms with Crippen LogP contribution >= 0.6 is 23.2 Å². The van der Waals surface area contributed by atoms with E-state index in [0.717, 1.165) is 5.56 Å². The predicted molar refractivity (Wildman–Crippen MR) is 150 cm³/mol. The maximum Gasteiger partial charge on any atom is 0.275 e. The predicted octanol–water partition coefficient (Wildman–Crippen LogP) is 4.39. The van der Waals surface area contributed by atoms with Gasteiger partial charge in [-0.25, -0.2) is 4.98 Å². The van der Waals surface area contributed by atoms with Gasteiger partial charge in [0.25, 0.3) is 11.8 Å². The van der Waals surface area contributed by atoms with E-state index in [0.29, 0.717) is 40.9 Å². The van der Waals surface area contributed by atoms with Crippen LogP contribution in [0.1, 0.15) is 40.3 Å². The summed E-state index contributed by atoms with van der Waals surface area (Å²) in [6, 6.07) is 10.2. The Morgan fingerprint density at radius 2 is 2.05 bits per heavy atom. The minimum atomic E-state index is -0.475. The van der Waals surface area contributed by atoms with Crippen molar-refractivity contribution in [3.8, 4) is 5.75 Å². The number of aliphatic hydroxyl groups excluding tert-OH is 1. The molecule has 0 unspecified atom stereocenters. The summed E-state index contributed by atoms with van der Waals surface area (Å²) in [4.78, 5) is 38.3. The van der Waals surface area contributed by atoms with Crippen LogP contribution in [0.3, 0.4) is 0 Å². The third kappa shape index (κ3) is 6.86.